The average Bonchev–Trinajstić information content (AvgIpc) is 2.74. The Morgan fingerprint density at radius 1 is 0.935 bits per heavy atom. The lowest BCUT2D eigenvalue weighted by molar-refractivity contribution is -0.121. The maximum absolute atomic E-state index is 13.0. The summed E-state index contributed by atoms with van der Waals surface area (Å²) < 4.78 is 40.7. The number of amides is 1. The van der Waals surface area contributed by atoms with E-state index in [1.165, 1.54) is 24.3 Å². The first-order valence-electron chi connectivity index (χ1n) is 9.96. The van der Waals surface area contributed by atoms with Crippen LogP contribution in [0.4, 0.5) is 10.1 Å². The van der Waals surface area contributed by atoms with E-state index < -0.39 is 10.0 Å². The number of benzene rings is 3. The summed E-state index contributed by atoms with van der Waals surface area (Å²) in [6.07, 6.45) is 0.743. The van der Waals surface area contributed by atoms with Crippen molar-refractivity contribution in [3.63, 3.8) is 0 Å². The van der Waals surface area contributed by atoms with Gasteiger partial charge in [0.2, 0.25) is 5.91 Å². The molecule has 162 valence electrons. The summed E-state index contributed by atoms with van der Waals surface area (Å²) in [6, 6.07) is 19.4. The zero-order valence-corrected chi connectivity index (χ0v) is 18.2. The summed E-state index contributed by atoms with van der Waals surface area (Å²) in [5.41, 5.74) is 3.23. The van der Waals surface area contributed by atoms with Crippen molar-refractivity contribution in [1.82, 2.24) is 5.32 Å². The van der Waals surface area contributed by atoms with Crippen molar-refractivity contribution in [3.05, 3.63) is 95.3 Å². The van der Waals surface area contributed by atoms with Crippen LogP contribution in [0.15, 0.2) is 77.7 Å². The molecule has 0 aliphatic heterocycles. The Hall–Kier alpha value is -3.19. The molecule has 0 saturated heterocycles. The molecule has 1 amide bonds. The maximum Gasteiger partial charge on any atom is 0.261 e. The van der Waals surface area contributed by atoms with Gasteiger partial charge in [0.25, 0.3) is 10.0 Å². The molecule has 2 N–H and O–H groups in total. The number of carbonyl (C=O) groups excluding carboxylic acids is 1. The molecule has 0 unspecified atom stereocenters. The standard InChI is InChI=1S/C24H25FN2O3S/c1-17-3-12-22(13-4-17)27-31(29,30)23-14-5-19(6-15-23)7-16-24(28)26-18(2)20-8-10-21(25)11-9-20/h3-6,8-15,18,27H,7,16H2,1-2H3,(H,26,28)/t18-/m0/s1. The zero-order chi connectivity index (χ0) is 22.4. The second kappa shape index (κ2) is 9.75. The third kappa shape index (κ3) is 6.39. The van der Waals surface area contributed by atoms with E-state index in [2.05, 4.69) is 10.0 Å². The number of carbonyl (C=O) groups is 1. The van der Waals surface area contributed by atoms with Crippen LogP contribution in [0.1, 0.15) is 36.1 Å². The van der Waals surface area contributed by atoms with Gasteiger partial charge in [-0.15, -0.1) is 0 Å². The van der Waals surface area contributed by atoms with Crippen LogP contribution in [0.3, 0.4) is 0 Å². The average molecular weight is 441 g/mol. The molecule has 0 aromatic heterocycles. The molecular formula is C24H25FN2O3S. The Balaban J connectivity index is 1.54. The number of nitrogens with one attached hydrogen (secondary N) is 2. The first-order valence-corrected chi connectivity index (χ1v) is 11.4. The van der Waals surface area contributed by atoms with Crippen molar-refractivity contribution in [2.45, 2.75) is 37.6 Å². The predicted octanol–water partition coefficient (Wildman–Crippen LogP) is 4.74. The molecule has 0 heterocycles. The molecular weight excluding hydrogens is 415 g/mol. The van der Waals surface area contributed by atoms with Crippen LogP contribution in [0.5, 0.6) is 0 Å². The van der Waals surface area contributed by atoms with Crippen LogP contribution in [-0.2, 0) is 21.2 Å². The Morgan fingerprint density at radius 2 is 1.55 bits per heavy atom. The van der Waals surface area contributed by atoms with Gasteiger partial charge in [0.15, 0.2) is 0 Å². The molecule has 0 bridgehead atoms. The highest BCUT2D eigenvalue weighted by Gasteiger charge is 2.14. The van der Waals surface area contributed by atoms with Gasteiger partial charge >= 0.3 is 0 Å². The van der Waals surface area contributed by atoms with Gasteiger partial charge < -0.3 is 5.32 Å². The lowest BCUT2D eigenvalue weighted by Gasteiger charge is -2.14. The third-order valence-corrected chi connectivity index (χ3v) is 6.32. The Bertz CT molecular complexity index is 1130. The number of hydrogen-bond donors (Lipinski definition) is 2. The summed E-state index contributed by atoms with van der Waals surface area (Å²) in [5.74, 6) is -0.448. The summed E-state index contributed by atoms with van der Waals surface area (Å²) in [6.45, 7) is 3.77. The van der Waals surface area contributed by atoms with Crippen LogP contribution >= 0.6 is 0 Å². The van der Waals surface area contributed by atoms with Gasteiger partial charge in [-0.3, -0.25) is 9.52 Å². The van der Waals surface area contributed by atoms with Gasteiger partial charge in [0, 0.05) is 12.1 Å². The minimum absolute atomic E-state index is 0.130. The second-order valence-corrected chi connectivity index (χ2v) is 9.14. The van der Waals surface area contributed by atoms with E-state index in [9.17, 15) is 17.6 Å². The van der Waals surface area contributed by atoms with E-state index >= 15 is 0 Å². The van der Waals surface area contributed by atoms with Crippen LogP contribution in [-0.4, -0.2) is 14.3 Å². The molecule has 0 fully saturated rings. The van der Waals surface area contributed by atoms with Crippen molar-refractivity contribution in [3.8, 4) is 0 Å². The first-order chi connectivity index (χ1) is 14.7. The molecule has 0 saturated carbocycles. The van der Waals surface area contributed by atoms with Crippen LogP contribution in [0, 0.1) is 12.7 Å². The van der Waals surface area contributed by atoms with E-state index in [1.807, 2.05) is 26.0 Å². The van der Waals surface area contributed by atoms with Crippen molar-refractivity contribution >= 4 is 21.6 Å². The normalized spacial score (nSPS) is 12.2. The quantitative estimate of drug-likeness (QED) is 0.531. The second-order valence-electron chi connectivity index (χ2n) is 7.46. The molecule has 3 aromatic rings. The monoisotopic (exact) mass is 440 g/mol. The fourth-order valence-corrected chi connectivity index (χ4v) is 4.14. The summed E-state index contributed by atoms with van der Waals surface area (Å²) in [4.78, 5) is 12.4. The van der Waals surface area contributed by atoms with Crippen molar-refractivity contribution in [2.24, 2.45) is 0 Å². The van der Waals surface area contributed by atoms with Gasteiger partial charge in [0.1, 0.15) is 5.82 Å². The SMILES string of the molecule is Cc1ccc(NS(=O)(=O)c2ccc(CCC(=O)N[C@@H](C)c3ccc(F)cc3)cc2)cc1. The highest BCUT2D eigenvalue weighted by molar-refractivity contribution is 7.92. The van der Waals surface area contributed by atoms with E-state index in [1.54, 1.807) is 36.4 Å². The Kier molecular flexibility index (Phi) is 7.07. The van der Waals surface area contributed by atoms with E-state index in [0.717, 1.165) is 16.7 Å². The summed E-state index contributed by atoms with van der Waals surface area (Å²) >= 11 is 0. The molecule has 7 heteroatoms. The number of anilines is 1. The smallest absolute Gasteiger partial charge is 0.261 e. The minimum Gasteiger partial charge on any atom is -0.350 e. The molecule has 3 aromatic carbocycles. The van der Waals surface area contributed by atoms with Gasteiger partial charge in [-0.1, -0.05) is 42.0 Å². The van der Waals surface area contributed by atoms with Crippen LogP contribution in [0.2, 0.25) is 0 Å². The molecule has 0 spiro atoms. The van der Waals surface area contributed by atoms with E-state index in [4.69, 9.17) is 0 Å². The predicted molar refractivity (Wildman–Crippen MR) is 120 cm³/mol. The lowest BCUT2D eigenvalue weighted by Crippen LogP contribution is -2.26. The Morgan fingerprint density at radius 3 is 2.16 bits per heavy atom. The fourth-order valence-electron chi connectivity index (χ4n) is 3.08. The van der Waals surface area contributed by atoms with Crippen molar-refractivity contribution in [1.29, 1.82) is 0 Å². The number of sulfonamides is 1. The number of hydrogen-bond acceptors (Lipinski definition) is 3. The minimum atomic E-state index is -3.68. The van der Waals surface area contributed by atoms with Crippen molar-refractivity contribution in [2.75, 3.05) is 4.72 Å². The largest absolute Gasteiger partial charge is 0.350 e. The highest BCUT2D eigenvalue weighted by atomic mass is 32.2. The molecule has 0 radical (unpaired) electrons. The maximum atomic E-state index is 13.0. The van der Waals surface area contributed by atoms with E-state index in [-0.39, 0.29) is 29.1 Å². The highest BCUT2D eigenvalue weighted by Crippen LogP contribution is 2.18. The third-order valence-electron chi connectivity index (χ3n) is 4.93. The van der Waals surface area contributed by atoms with Gasteiger partial charge in [-0.2, -0.15) is 0 Å². The number of halogens is 1. The van der Waals surface area contributed by atoms with Gasteiger partial charge in [0.05, 0.1) is 10.9 Å². The zero-order valence-electron chi connectivity index (χ0n) is 17.4. The van der Waals surface area contributed by atoms with Crippen molar-refractivity contribution < 1.29 is 17.6 Å². The van der Waals surface area contributed by atoms with Gasteiger partial charge in [-0.05, 0) is 67.8 Å². The van der Waals surface area contributed by atoms with Crippen LogP contribution < -0.4 is 10.0 Å². The Labute approximate surface area is 182 Å². The van der Waals surface area contributed by atoms with Crippen LogP contribution in [0.25, 0.3) is 0 Å². The first kappa shape index (κ1) is 22.5. The summed E-state index contributed by atoms with van der Waals surface area (Å²) in [5, 5.41) is 2.89. The summed E-state index contributed by atoms with van der Waals surface area (Å²) in [7, 11) is -3.68. The molecule has 31 heavy (non-hydrogen) atoms. The number of rotatable bonds is 8. The number of aryl methyl sites for hydroxylation is 2. The molecule has 1 atom stereocenters. The lowest BCUT2D eigenvalue weighted by atomic mass is 10.1. The molecule has 5 nitrogen and oxygen atoms in total. The van der Waals surface area contributed by atoms with Gasteiger partial charge in [-0.25, -0.2) is 12.8 Å². The topological polar surface area (TPSA) is 75.3 Å². The molecule has 0 aliphatic rings. The van der Waals surface area contributed by atoms with E-state index in [0.29, 0.717) is 12.1 Å². The fraction of sp³-hybridized carbons (Fsp3) is 0.208. The molecule has 3 rings (SSSR count). The molecule has 0 aliphatic carbocycles.